The van der Waals surface area contributed by atoms with Gasteiger partial charge in [0.05, 0.1) is 18.3 Å². The molecule has 1 atom stereocenters. The van der Waals surface area contributed by atoms with Crippen LogP contribution in [0.25, 0.3) is 5.69 Å². The van der Waals surface area contributed by atoms with Gasteiger partial charge in [0, 0.05) is 22.1 Å². The van der Waals surface area contributed by atoms with E-state index in [1.54, 1.807) is 0 Å². The van der Waals surface area contributed by atoms with E-state index in [0.717, 1.165) is 38.2 Å². The number of urea groups is 1. The number of amides is 2. The van der Waals surface area contributed by atoms with Crippen molar-refractivity contribution in [1.29, 1.82) is 0 Å². The van der Waals surface area contributed by atoms with Crippen LogP contribution in [0.3, 0.4) is 0 Å². The molecule has 4 nitrogen and oxygen atoms in total. The van der Waals surface area contributed by atoms with Gasteiger partial charge in [-0.3, -0.25) is 0 Å². The molecule has 5 rings (SSSR count). The van der Waals surface area contributed by atoms with Gasteiger partial charge in [0.25, 0.3) is 0 Å². The number of aryl methyl sites for hydroxylation is 1. The van der Waals surface area contributed by atoms with Gasteiger partial charge in [0.15, 0.2) is 0 Å². The van der Waals surface area contributed by atoms with Crippen molar-refractivity contribution in [3.8, 4) is 5.69 Å². The number of fused-ring (bicyclic) bond motifs is 3. The van der Waals surface area contributed by atoms with Crippen LogP contribution in [-0.2, 0) is 6.54 Å². The third-order valence-electron chi connectivity index (χ3n) is 5.75. The normalized spacial score (nSPS) is 15.0. The number of nitrogens with zero attached hydrogens (tertiary/aromatic N) is 2. The van der Waals surface area contributed by atoms with E-state index in [-0.39, 0.29) is 12.1 Å². The molecule has 4 aromatic rings. The maximum absolute atomic E-state index is 13.6. The first-order valence-corrected chi connectivity index (χ1v) is 11.1. The summed E-state index contributed by atoms with van der Waals surface area (Å²) in [5.41, 5.74) is 6.23. The summed E-state index contributed by atoms with van der Waals surface area (Å²) in [6.07, 6.45) is 2.07. The number of para-hydroxylation sites is 1. The molecule has 1 N–H and O–H groups in total. The van der Waals surface area contributed by atoms with Crippen molar-refractivity contribution < 1.29 is 4.79 Å². The minimum absolute atomic E-state index is 0.125. The fraction of sp³-hybridized carbons (Fsp3) is 0.115. The Morgan fingerprint density at radius 1 is 0.968 bits per heavy atom. The average molecular weight is 472 g/mol. The highest BCUT2D eigenvalue weighted by atomic mass is 79.9. The highest BCUT2D eigenvalue weighted by Crippen LogP contribution is 2.37. The Morgan fingerprint density at radius 3 is 2.55 bits per heavy atom. The number of aromatic nitrogens is 1. The average Bonchev–Trinajstić information content (AvgIpc) is 3.21. The Morgan fingerprint density at radius 2 is 1.74 bits per heavy atom. The molecule has 0 aliphatic carbocycles. The minimum atomic E-state index is -0.208. The number of rotatable bonds is 2. The molecule has 0 fully saturated rings. The molecular weight excluding hydrogens is 450 g/mol. The molecule has 31 heavy (non-hydrogen) atoms. The summed E-state index contributed by atoms with van der Waals surface area (Å²) < 4.78 is 3.22. The van der Waals surface area contributed by atoms with Crippen LogP contribution in [-0.4, -0.2) is 15.5 Å². The van der Waals surface area contributed by atoms with E-state index >= 15 is 0 Å². The number of carbonyl (C=O) groups excluding carboxylic acids is 1. The molecule has 5 heteroatoms. The van der Waals surface area contributed by atoms with Gasteiger partial charge in [-0.2, -0.15) is 0 Å². The van der Waals surface area contributed by atoms with Crippen molar-refractivity contribution in [3.05, 3.63) is 118 Å². The van der Waals surface area contributed by atoms with Crippen LogP contribution >= 0.6 is 15.9 Å². The standard InChI is InChI=1S/C26H22BrN3O/c1-18-16-21(13-14-22(18)27)28-26(31)30-17-20-10-5-6-11-23(20)29-15-7-12-24(29)25(30)19-8-3-2-4-9-19/h2-16,25H,17H2,1H3,(H,28,31)/t25-/m1/s1. The van der Waals surface area contributed by atoms with E-state index in [0.29, 0.717) is 6.54 Å². The largest absolute Gasteiger partial charge is 0.322 e. The molecule has 0 bridgehead atoms. The van der Waals surface area contributed by atoms with E-state index in [1.807, 2.05) is 66.4 Å². The Bertz CT molecular complexity index is 1250. The molecule has 0 spiro atoms. The van der Waals surface area contributed by atoms with Crippen LogP contribution in [0.2, 0.25) is 0 Å². The van der Waals surface area contributed by atoms with Crippen LogP contribution in [0.15, 0.2) is 95.6 Å². The van der Waals surface area contributed by atoms with Gasteiger partial charge >= 0.3 is 6.03 Å². The topological polar surface area (TPSA) is 37.3 Å². The summed E-state index contributed by atoms with van der Waals surface area (Å²) in [6.45, 7) is 2.53. The van der Waals surface area contributed by atoms with Crippen molar-refractivity contribution in [2.24, 2.45) is 0 Å². The van der Waals surface area contributed by atoms with E-state index in [9.17, 15) is 4.79 Å². The lowest BCUT2D eigenvalue weighted by atomic mass is 10.0. The van der Waals surface area contributed by atoms with Gasteiger partial charge < -0.3 is 14.8 Å². The summed E-state index contributed by atoms with van der Waals surface area (Å²) in [4.78, 5) is 15.6. The Hall–Kier alpha value is -3.31. The zero-order chi connectivity index (χ0) is 21.4. The summed E-state index contributed by atoms with van der Waals surface area (Å²) >= 11 is 3.53. The van der Waals surface area contributed by atoms with Crippen molar-refractivity contribution in [1.82, 2.24) is 9.47 Å². The highest BCUT2D eigenvalue weighted by molar-refractivity contribution is 9.10. The zero-order valence-corrected chi connectivity index (χ0v) is 18.7. The number of anilines is 1. The summed E-state index contributed by atoms with van der Waals surface area (Å²) in [6, 6.07) is 28.2. The van der Waals surface area contributed by atoms with Crippen molar-refractivity contribution in [2.45, 2.75) is 19.5 Å². The summed E-state index contributed by atoms with van der Waals surface area (Å²) in [5.74, 6) is 0. The second kappa shape index (κ2) is 8.08. The summed E-state index contributed by atoms with van der Waals surface area (Å²) in [5, 5.41) is 3.12. The smallest absolute Gasteiger partial charge is 0.318 e. The van der Waals surface area contributed by atoms with Gasteiger partial charge in [0.2, 0.25) is 0 Å². The Labute approximate surface area is 190 Å². The fourth-order valence-corrected chi connectivity index (χ4v) is 4.49. The molecule has 2 amide bonds. The molecule has 0 unspecified atom stereocenters. The number of halogens is 1. The first-order valence-electron chi connectivity index (χ1n) is 10.3. The van der Waals surface area contributed by atoms with Crippen LogP contribution in [0, 0.1) is 6.92 Å². The van der Waals surface area contributed by atoms with E-state index < -0.39 is 0 Å². The van der Waals surface area contributed by atoms with E-state index in [1.165, 1.54) is 0 Å². The third-order valence-corrected chi connectivity index (χ3v) is 6.64. The Balaban J connectivity index is 1.61. The van der Waals surface area contributed by atoms with Gasteiger partial charge in [-0.25, -0.2) is 4.79 Å². The fourth-order valence-electron chi connectivity index (χ4n) is 4.24. The van der Waals surface area contributed by atoms with Crippen molar-refractivity contribution >= 4 is 27.6 Å². The molecule has 0 radical (unpaired) electrons. The van der Waals surface area contributed by atoms with Gasteiger partial charge in [-0.15, -0.1) is 0 Å². The highest BCUT2D eigenvalue weighted by Gasteiger charge is 2.32. The van der Waals surface area contributed by atoms with Crippen molar-refractivity contribution in [2.75, 3.05) is 5.32 Å². The first kappa shape index (κ1) is 19.6. The number of nitrogens with one attached hydrogen (secondary N) is 1. The molecule has 1 aromatic heterocycles. The van der Waals surface area contributed by atoms with Crippen molar-refractivity contribution in [3.63, 3.8) is 0 Å². The zero-order valence-electron chi connectivity index (χ0n) is 17.1. The number of benzene rings is 3. The molecular formula is C26H22BrN3O. The number of hydrogen-bond donors (Lipinski definition) is 1. The first-order chi connectivity index (χ1) is 15.1. The minimum Gasteiger partial charge on any atom is -0.318 e. The lowest BCUT2D eigenvalue weighted by molar-refractivity contribution is 0.194. The second-order valence-electron chi connectivity index (χ2n) is 7.77. The van der Waals surface area contributed by atoms with E-state index in [4.69, 9.17) is 0 Å². The van der Waals surface area contributed by atoms with Crippen LogP contribution in [0.5, 0.6) is 0 Å². The molecule has 0 saturated carbocycles. The lowest BCUT2D eigenvalue weighted by Gasteiger charge is -2.31. The predicted molar refractivity (Wildman–Crippen MR) is 127 cm³/mol. The van der Waals surface area contributed by atoms with Crippen LogP contribution < -0.4 is 5.32 Å². The quantitative estimate of drug-likeness (QED) is 0.347. The maximum atomic E-state index is 13.6. The second-order valence-corrected chi connectivity index (χ2v) is 8.62. The molecule has 3 aromatic carbocycles. The monoisotopic (exact) mass is 471 g/mol. The third kappa shape index (κ3) is 3.66. The molecule has 1 aliphatic rings. The van der Waals surface area contributed by atoms with Gasteiger partial charge in [-0.1, -0.05) is 64.5 Å². The number of carbonyl (C=O) groups is 1. The van der Waals surface area contributed by atoms with Crippen LogP contribution in [0.4, 0.5) is 10.5 Å². The summed E-state index contributed by atoms with van der Waals surface area (Å²) in [7, 11) is 0. The molecule has 2 heterocycles. The molecule has 154 valence electrons. The lowest BCUT2D eigenvalue weighted by Crippen LogP contribution is -2.37. The number of hydrogen-bond acceptors (Lipinski definition) is 1. The SMILES string of the molecule is Cc1cc(NC(=O)N2Cc3ccccc3-n3cccc3[C@H]2c2ccccc2)ccc1Br. The van der Waals surface area contributed by atoms with Gasteiger partial charge in [-0.05, 0) is 60.0 Å². The Kier molecular flexibility index (Phi) is 5.12. The molecule has 1 aliphatic heterocycles. The van der Waals surface area contributed by atoms with Crippen LogP contribution in [0.1, 0.15) is 28.4 Å². The maximum Gasteiger partial charge on any atom is 0.322 e. The molecule has 0 saturated heterocycles. The van der Waals surface area contributed by atoms with Gasteiger partial charge in [0.1, 0.15) is 0 Å². The predicted octanol–water partition coefficient (Wildman–Crippen LogP) is 6.69. The van der Waals surface area contributed by atoms with E-state index in [2.05, 4.69) is 62.3 Å².